The SMILES string of the molecule is NC(N)=NCCCC(NC(=O)C(CO)NC(=O)C(CCC(=O)O)NC(=O)C1CCCN1)C(=O)O. The van der Waals surface area contributed by atoms with Gasteiger partial charge in [-0.1, -0.05) is 0 Å². The standard InChI is InChI=1S/C19H33N7O8/c20-19(21)23-8-2-4-12(18(33)34)25-17(32)13(9-27)26-16(31)11(5-6-14(28)29)24-15(30)10-3-1-7-22-10/h10-13,22,27H,1-9H2,(H,24,30)(H,25,32)(H,26,31)(H,28,29)(H,33,34)(H4,20,21,23). The lowest BCUT2D eigenvalue weighted by atomic mass is 10.1. The highest BCUT2D eigenvalue weighted by atomic mass is 16.4. The molecular weight excluding hydrogens is 454 g/mol. The van der Waals surface area contributed by atoms with E-state index in [4.69, 9.17) is 16.6 Å². The van der Waals surface area contributed by atoms with E-state index >= 15 is 0 Å². The number of aliphatic imine (C=N–C) groups is 1. The molecule has 0 bridgehead atoms. The summed E-state index contributed by atoms with van der Waals surface area (Å²) in [5.41, 5.74) is 10.4. The Kier molecular flexibility index (Phi) is 12.3. The Hall–Kier alpha value is -3.46. The number of nitrogens with two attached hydrogens (primary N) is 2. The Balaban J connectivity index is 2.76. The van der Waals surface area contributed by atoms with E-state index in [1.54, 1.807) is 0 Å². The lowest BCUT2D eigenvalue weighted by Crippen LogP contribution is -2.58. The minimum Gasteiger partial charge on any atom is -0.481 e. The van der Waals surface area contributed by atoms with Gasteiger partial charge in [0.25, 0.3) is 0 Å². The molecule has 0 aromatic heterocycles. The number of nitrogens with one attached hydrogen (secondary N) is 4. The van der Waals surface area contributed by atoms with E-state index in [-0.39, 0.29) is 31.8 Å². The largest absolute Gasteiger partial charge is 0.481 e. The Morgan fingerprint density at radius 3 is 2.15 bits per heavy atom. The normalized spacial score (nSPS) is 17.6. The third-order valence-corrected chi connectivity index (χ3v) is 5.03. The molecule has 34 heavy (non-hydrogen) atoms. The summed E-state index contributed by atoms with van der Waals surface area (Å²) in [5.74, 6) is -5.02. The van der Waals surface area contributed by atoms with Gasteiger partial charge in [0.15, 0.2) is 5.96 Å². The second kappa shape index (κ2) is 14.6. The maximum atomic E-state index is 12.7. The first-order valence-corrected chi connectivity index (χ1v) is 10.8. The van der Waals surface area contributed by atoms with Crippen molar-refractivity contribution < 1.29 is 39.3 Å². The van der Waals surface area contributed by atoms with Crippen LogP contribution in [0.15, 0.2) is 4.99 Å². The Morgan fingerprint density at radius 2 is 1.62 bits per heavy atom. The first-order chi connectivity index (χ1) is 16.0. The highest BCUT2D eigenvalue weighted by molar-refractivity contribution is 5.94. The molecule has 1 fully saturated rings. The van der Waals surface area contributed by atoms with Crippen LogP contribution in [-0.2, 0) is 24.0 Å². The fourth-order valence-electron chi connectivity index (χ4n) is 3.22. The molecule has 0 spiro atoms. The van der Waals surface area contributed by atoms with Gasteiger partial charge < -0.3 is 48.1 Å². The molecule has 0 saturated carbocycles. The number of carboxylic acid groups (broad SMARTS) is 2. The van der Waals surface area contributed by atoms with Crippen molar-refractivity contribution in [1.82, 2.24) is 21.3 Å². The third kappa shape index (κ3) is 10.4. The average Bonchev–Trinajstić information content (AvgIpc) is 3.31. The lowest BCUT2D eigenvalue weighted by molar-refractivity contribution is -0.142. The van der Waals surface area contributed by atoms with E-state index < -0.39 is 66.9 Å². The van der Waals surface area contributed by atoms with Crippen LogP contribution in [0.1, 0.15) is 38.5 Å². The number of nitrogens with zero attached hydrogens (tertiary/aromatic N) is 1. The number of hydrogen-bond acceptors (Lipinski definition) is 8. The van der Waals surface area contributed by atoms with E-state index in [1.165, 1.54) is 0 Å². The van der Waals surface area contributed by atoms with Crippen molar-refractivity contribution in [2.24, 2.45) is 16.5 Å². The Labute approximate surface area is 195 Å². The van der Waals surface area contributed by atoms with Gasteiger partial charge in [-0.2, -0.15) is 0 Å². The Bertz CT molecular complexity index is 766. The number of aliphatic hydroxyl groups is 1. The smallest absolute Gasteiger partial charge is 0.326 e. The highest BCUT2D eigenvalue weighted by Crippen LogP contribution is 2.07. The fraction of sp³-hybridized carbons (Fsp3) is 0.684. The zero-order valence-electron chi connectivity index (χ0n) is 18.7. The minimum absolute atomic E-state index is 0.0182. The van der Waals surface area contributed by atoms with Gasteiger partial charge in [-0.3, -0.25) is 24.2 Å². The van der Waals surface area contributed by atoms with Crippen molar-refractivity contribution in [3.05, 3.63) is 0 Å². The molecule has 15 heteroatoms. The van der Waals surface area contributed by atoms with Gasteiger partial charge in [0, 0.05) is 13.0 Å². The number of carboxylic acids is 2. The van der Waals surface area contributed by atoms with Crippen molar-refractivity contribution >= 4 is 35.6 Å². The van der Waals surface area contributed by atoms with Gasteiger partial charge >= 0.3 is 11.9 Å². The molecule has 4 atom stereocenters. The monoisotopic (exact) mass is 487 g/mol. The van der Waals surface area contributed by atoms with E-state index in [9.17, 15) is 34.2 Å². The summed E-state index contributed by atoms with van der Waals surface area (Å²) in [4.78, 5) is 63.6. The topological polar surface area (TPSA) is 259 Å². The van der Waals surface area contributed by atoms with Crippen molar-refractivity contribution in [2.45, 2.75) is 62.7 Å². The van der Waals surface area contributed by atoms with Gasteiger partial charge in [0.1, 0.15) is 18.1 Å². The number of hydrogen-bond donors (Lipinski definition) is 9. The number of amides is 3. The first kappa shape index (κ1) is 28.6. The van der Waals surface area contributed by atoms with Gasteiger partial charge in [-0.25, -0.2) is 4.79 Å². The van der Waals surface area contributed by atoms with E-state index in [2.05, 4.69) is 26.3 Å². The molecule has 0 aromatic carbocycles. The molecule has 15 nitrogen and oxygen atoms in total. The molecule has 0 radical (unpaired) electrons. The molecular formula is C19H33N7O8. The molecule has 0 aliphatic carbocycles. The van der Waals surface area contributed by atoms with Crippen LogP contribution >= 0.6 is 0 Å². The predicted molar refractivity (Wildman–Crippen MR) is 118 cm³/mol. The summed E-state index contributed by atoms with van der Waals surface area (Å²) in [6.07, 6.45) is 0.874. The summed E-state index contributed by atoms with van der Waals surface area (Å²) in [6.45, 7) is -0.0851. The zero-order valence-corrected chi connectivity index (χ0v) is 18.7. The van der Waals surface area contributed by atoms with Gasteiger partial charge in [-0.05, 0) is 38.6 Å². The number of carbonyl (C=O) groups excluding carboxylic acids is 3. The summed E-state index contributed by atoms with van der Waals surface area (Å²) in [6, 6.07) is -4.65. The van der Waals surface area contributed by atoms with Crippen LogP contribution in [-0.4, -0.2) is 94.8 Å². The van der Waals surface area contributed by atoms with Crippen LogP contribution in [0.5, 0.6) is 0 Å². The molecule has 1 saturated heterocycles. The first-order valence-electron chi connectivity index (χ1n) is 10.8. The molecule has 11 N–H and O–H groups in total. The Morgan fingerprint density at radius 1 is 0.971 bits per heavy atom. The van der Waals surface area contributed by atoms with Crippen LogP contribution in [0.25, 0.3) is 0 Å². The summed E-state index contributed by atoms with van der Waals surface area (Å²) in [7, 11) is 0. The molecule has 1 heterocycles. The zero-order chi connectivity index (χ0) is 25.7. The number of aliphatic hydroxyl groups excluding tert-OH is 1. The second-order valence-corrected chi connectivity index (χ2v) is 7.73. The molecule has 1 aliphatic rings. The highest BCUT2D eigenvalue weighted by Gasteiger charge is 2.31. The van der Waals surface area contributed by atoms with Crippen LogP contribution in [0.3, 0.4) is 0 Å². The van der Waals surface area contributed by atoms with E-state index in [0.717, 1.165) is 6.42 Å². The number of aliphatic carboxylic acids is 2. The van der Waals surface area contributed by atoms with E-state index in [1.807, 2.05) is 0 Å². The van der Waals surface area contributed by atoms with Crippen LogP contribution < -0.4 is 32.7 Å². The molecule has 0 aromatic rings. The van der Waals surface area contributed by atoms with Crippen LogP contribution in [0.2, 0.25) is 0 Å². The minimum atomic E-state index is -1.53. The molecule has 1 aliphatic heterocycles. The lowest BCUT2D eigenvalue weighted by Gasteiger charge is -2.24. The van der Waals surface area contributed by atoms with Crippen molar-refractivity contribution in [2.75, 3.05) is 19.7 Å². The van der Waals surface area contributed by atoms with Gasteiger partial charge in [0.2, 0.25) is 17.7 Å². The van der Waals surface area contributed by atoms with Crippen molar-refractivity contribution in [1.29, 1.82) is 0 Å². The fourth-order valence-corrected chi connectivity index (χ4v) is 3.22. The summed E-state index contributed by atoms with van der Waals surface area (Å²) in [5, 5.41) is 37.7. The number of guanidine groups is 1. The molecule has 3 amide bonds. The van der Waals surface area contributed by atoms with Crippen LogP contribution in [0.4, 0.5) is 0 Å². The third-order valence-electron chi connectivity index (χ3n) is 5.03. The van der Waals surface area contributed by atoms with Gasteiger partial charge in [0.05, 0.1) is 12.6 Å². The number of carbonyl (C=O) groups is 5. The quantitative estimate of drug-likeness (QED) is 0.0614. The van der Waals surface area contributed by atoms with Crippen LogP contribution in [0, 0.1) is 0 Å². The predicted octanol–water partition coefficient (Wildman–Crippen LogP) is -3.81. The maximum absolute atomic E-state index is 12.7. The average molecular weight is 488 g/mol. The molecule has 1 rings (SSSR count). The summed E-state index contributed by atoms with van der Waals surface area (Å²) >= 11 is 0. The second-order valence-electron chi connectivity index (χ2n) is 7.73. The van der Waals surface area contributed by atoms with E-state index in [0.29, 0.717) is 13.0 Å². The van der Waals surface area contributed by atoms with Gasteiger partial charge in [-0.15, -0.1) is 0 Å². The maximum Gasteiger partial charge on any atom is 0.326 e. The number of rotatable bonds is 15. The summed E-state index contributed by atoms with van der Waals surface area (Å²) < 4.78 is 0. The van der Waals surface area contributed by atoms with Crippen molar-refractivity contribution in [3.63, 3.8) is 0 Å². The molecule has 192 valence electrons. The molecule has 4 unspecified atom stereocenters. The van der Waals surface area contributed by atoms with Crippen molar-refractivity contribution in [3.8, 4) is 0 Å².